The van der Waals surface area contributed by atoms with E-state index in [1.165, 1.54) is 0 Å². The van der Waals surface area contributed by atoms with Gasteiger partial charge >= 0.3 is 0 Å². The van der Waals surface area contributed by atoms with Crippen molar-refractivity contribution in [2.75, 3.05) is 0 Å². The molecule has 0 fully saturated rings. The highest BCUT2D eigenvalue weighted by atomic mass is 16.1. The lowest BCUT2D eigenvalue weighted by Crippen LogP contribution is -2.28. The summed E-state index contributed by atoms with van der Waals surface area (Å²) in [5, 5.41) is 4.56. The lowest BCUT2D eigenvalue weighted by atomic mass is 10.2. The van der Waals surface area contributed by atoms with Crippen LogP contribution in [0.3, 0.4) is 0 Å². The van der Waals surface area contributed by atoms with Gasteiger partial charge in [0, 0.05) is 12.6 Å². The minimum Gasteiger partial charge on any atom is -0.289 e. The zero-order valence-electron chi connectivity index (χ0n) is 11.5. The summed E-state index contributed by atoms with van der Waals surface area (Å²) in [6.45, 7) is 2.67. The number of hydrogen-bond acceptors (Lipinski definition) is 2. The van der Waals surface area contributed by atoms with Crippen LogP contribution in [0.1, 0.15) is 24.7 Å². The lowest BCUT2D eigenvalue weighted by molar-refractivity contribution is 0.624. The first-order valence-electron chi connectivity index (χ1n) is 6.90. The van der Waals surface area contributed by atoms with E-state index in [9.17, 15) is 4.79 Å². The largest absolute Gasteiger partial charge is 0.289 e. The molecule has 0 spiro atoms. The first-order chi connectivity index (χ1) is 9.79. The molecule has 2 heterocycles. The maximum atomic E-state index is 12.6. The van der Waals surface area contributed by atoms with E-state index in [0.29, 0.717) is 12.1 Å². The minimum absolute atomic E-state index is 0.0253. The van der Waals surface area contributed by atoms with Gasteiger partial charge in [-0.2, -0.15) is 5.10 Å². The van der Waals surface area contributed by atoms with Gasteiger partial charge in [0.05, 0.1) is 6.54 Å². The van der Waals surface area contributed by atoms with E-state index in [2.05, 4.69) is 12.0 Å². The Morgan fingerprint density at radius 3 is 2.65 bits per heavy atom. The molecule has 0 radical (unpaired) electrons. The van der Waals surface area contributed by atoms with E-state index in [1.54, 1.807) is 9.08 Å². The predicted octanol–water partition coefficient (Wildman–Crippen LogP) is 2.50. The van der Waals surface area contributed by atoms with Crippen molar-refractivity contribution in [3.63, 3.8) is 0 Å². The third-order valence-corrected chi connectivity index (χ3v) is 3.38. The van der Waals surface area contributed by atoms with Crippen LogP contribution in [0.25, 0.3) is 5.52 Å². The van der Waals surface area contributed by atoms with Crippen molar-refractivity contribution in [1.82, 2.24) is 14.2 Å². The maximum Gasteiger partial charge on any atom is 0.278 e. The Hall–Kier alpha value is -2.36. The molecule has 20 heavy (non-hydrogen) atoms. The quantitative estimate of drug-likeness (QED) is 0.728. The monoisotopic (exact) mass is 267 g/mol. The first-order valence-corrected chi connectivity index (χ1v) is 6.90. The SMILES string of the molecule is CCCc1nn2cccc2c(=O)n1Cc1ccccc1. The Labute approximate surface area is 117 Å². The fourth-order valence-corrected chi connectivity index (χ4v) is 2.40. The topological polar surface area (TPSA) is 39.3 Å². The zero-order chi connectivity index (χ0) is 13.9. The molecular formula is C16H17N3O. The van der Waals surface area contributed by atoms with E-state index >= 15 is 0 Å². The molecule has 0 bridgehead atoms. The third-order valence-electron chi connectivity index (χ3n) is 3.38. The number of aromatic nitrogens is 3. The Bertz CT molecular complexity index is 771. The van der Waals surface area contributed by atoms with Crippen molar-refractivity contribution in [3.05, 3.63) is 70.4 Å². The summed E-state index contributed by atoms with van der Waals surface area (Å²) in [4.78, 5) is 12.6. The van der Waals surface area contributed by atoms with Crippen LogP contribution in [0, 0.1) is 0 Å². The summed E-state index contributed by atoms with van der Waals surface area (Å²) in [7, 11) is 0. The molecule has 4 heteroatoms. The molecule has 0 aliphatic rings. The lowest BCUT2D eigenvalue weighted by Gasteiger charge is -2.12. The molecule has 102 valence electrons. The summed E-state index contributed by atoms with van der Waals surface area (Å²) in [5.74, 6) is 0.838. The smallest absolute Gasteiger partial charge is 0.278 e. The molecule has 0 atom stereocenters. The third kappa shape index (κ3) is 2.25. The van der Waals surface area contributed by atoms with Gasteiger partial charge in [0.25, 0.3) is 5.56 Å². The van der Waals surface area contributed by atoms with Crippen LogP contribution in [0.15, 0.2) is 53.5 Å². The van der Waals surface area contributed by atoms with Gasteiger partial charge < -0.3 is 0 Å². The van der Waals surface area contributed by atoms with Gasteiger partial charge in [-0.1, -0.05) is 37.3 Å². The van der Waals surface area contributed by atoms with Gasteiger partial charge in [0.1, 0.15) is 11.3 Å². The van der Waals surface area contributed by atoms with Crippen molar-refractivity contribution in [2.24, 2.45) is 0 Å². The molecular weight excluding hydrogens is 250 g/mol. The predicted molar refractivity (Wildman–Crippen MR) is 79.0 cm³/mol. The molecule has 0 unspecified atom stereocenters. The zero-order valence-corrected chi connectivity index (χ0v) is 11.5. The number of benzene rings is 1. The second kappa shape index (κ2) is 5.33. The summed E-state index contributed by atoms with van der Waals surface area (Å²) in [5.41, 5.74) is 1.77. The van der Waals surface area contributed by atoms with Gasteiger partial charge in [0.2, 0.25) is 0 Å². The first kappa shape index (κ1) is 12.7. The van der Waals surface area contributed by atoms with E-state index in [1.807, 2.05) is 48.7 Å². The number of rotatable bonds is 4. The number of aryl methyl sites for hydroxylation is 1. The van der Waals surface area contributed by atoms with Crippen molar-refractivity contribution in [3.8, 4) is 0 Å². The van der Waals surface area contributed by atoms with Crippen LogP contribution in [-0.4, -0.2) is 14.2 Å². The molecule has 3 aromatic rings. The second-order valence-corrected chi connectivity index (χ2v) is 4.88. The molecule has 2 aromatic heterocycles. The van der Waals surface area contributed by atoms with Crippen molar-refractivity contribution in [1.29, 1.82) is 0 Å². The molecule has 3 rings (SSSR count). The van der Waals surface area contributed by atoms with E-state index in [4.69, 9.17) is 0 Å². The van der Waals surface area contributed by atoms with Crippen LogP contribution in [0.2, 0.25) is 0 Å². The molecule has 0 N–H and O–H groups in total. The summed E-state index contributed by atoms with van der Waals surface area (Å²) >= 11 is 0. The van der Waals surface area contributed by atoms with Crippen molar-refractivity contribution in [2.45, 2.75) is 26.3 Å². The normalized spacial score (nSPS) is 11.1. The Balaban J connectivity index is 2.14. The van der Waals surface area contributed by atoms with E-state index < -0.39 is 0 Å². The van der Waals surface area contributed by atoms with Gasteiger partial charge in [-0.3, -0.25) is 9.36 Å². The van der Waals surface area contributed by atoms with Crippen LogP contribution >= 0.6 is 0 Å². The van der Waals surface area contributed by atoms with Crippen LogP contribution in [0.4, 0.5) is 0 Å². The summed E-state index contributed by atoms with van der Waals surface area (Å²) in [6.07, 6.45) is 3.59. The van der Waals surface area contributed by atoms with Gasteiger partial charge in [-0.05, 0) is 24.1 Å². The molecule has 1 aromatic carbocycles. The molecule has 0 amide bonds. The number of nitrogens with zero attached hydrogens (tertiary/aromatic N) is 3. The van der Waals surface area contributed by atoms with Gasteiger partial charge in [-0.15, -0.1) is 0 Å². The minimum atomic E-state index is 0.0253. The second-order valence-electron chi connectivity index (χ2n) is 4.88. The summed E-state index contributed by atoms with van der Waals surface area (Å²) in [6, 6.07) is 13.7. The number of hydrogen-bond donors (Lipinski definition) is 0. The average molecular weight is 267 g/mol. The molecule has 0 saturated carbocycles. The fraction of sp³-hybridized carbons (Fsp3) is 0.250. The fourth-order valence-electron chi connectivity index (χ4n) is 2.40. The van der Waals surface area contributed by atoms with Crippen molar-refractivity contribution >= 4 is 5.52 Å². The van der Waals surface area contributed by atoms with E-state index in [0.717, 1.165) is 24.2 Å². The Morgan fingerprint density at radius 1 is 1.10 bits per heavy atom. The van der Waals surface area contributed by atoms with Gasteiger partial charge in [-0.25, -0.2) is 4.52 Å². The molecule has 0 aliphatic heterocycles. The highest BCUT2D eigenvalue weighted by Gasteiger charge is 2.10. The highest BCUT2D eigenvalue weighted by molar-refractivity contribution is 5.44. The van der Waals surface area contributed by atoms with Crippen LogP contribution < -0.4 is 5.56 Å². The van der Waals surface area contributed by atoms with Gasteiger partial charge in [0.15, 0.2) is 0 Å². The highest BCUT2D eigenvalue weighted by Crippen LogP contribution is 2.06. The molecule has 0 saturated heterocycles. The molecule has 0 aliphatic carbocycles. The van der Waals surface area contributed by atoms with E-state index in [-0.39, 0.29) is 5.56 Å². The van der Waals surface area contributed by atoms with Crippen molar-refractivity contribution < 1.29 is 0 Å². The van der Waals surface area contributed by atoms with Crippen LogP contribution in [-0.2, 0) is 13.0 Å². The molecule has 4 nitrogen and oxygen atoms in total. The Kier molecular flexibility index (Phi) is 3.37. The Morgan fingerprint density at radius 2 is 1.90 bits per heavy atom. The summed E-state index contributed by atoms with van der Waals surface area (Å²) < 4.78 is 3.46. The van der Waals surface area contributed by atoms with Crippen LogP contribution in [0.5, 0.6) is 0 Å². The average Bonchev–Trinajstić information content (AvgIpc) is 2.93. The maximum absolute atomic E-state index is 12.6. The standard InChI is InChI=1S/C16H17N3O/c1-2-7-15-17-19-11-6-10-14(19)16(20)18(15)12-13-8-4-3-5-9-13/h3-6,8-11H,2,7,12H2,1H3. The number of fused-ring (bicyclic) bond motifs is 1.